The number of hydrogen-bond acceptors (Lipinski definition) is 4. The second-order valence-corrected chi connectivity index (χ2v) is 5.75. The number of nitrogens with one attached hydrogen (secondary N) is 1. The Labute approximate surface area is 148 Å². The summed E-state index contributed by atoms with van der Waals surface area (Å²) in [6, 6.07) is 12.0. The molecule has 0 bridgehead atoms. The number of methoxy groups -OCH3 is 2. The lowest BCUT2D eigenvalue weighted by Gasteiger charge is -2.15. The van der Waals surface area contributed by atoms with Gasteiger partial charge in [0, 0.05) is 11.6 Å². The molecule has 2 aromatic rings. The molecule has 4 nitrogen and oxygen atoms in total. The van der Waals surface area contributed by atoms with Gasteiger partial charge in [0.15, 0.2) is 0 Å². The molecule has 0 aliphatic rings. The minimum absolute atomic E-state index is 0.299. The Balaban J connectivity index is 2.18. The molecule has 0 aliphatic carbocycles. The predicted octanol–water partition coefficient (Wildman–Crippen LogP) is 4.49. The van der Waals surface area contributed by atoms with Gasteiger partial charge in [-0.05, 0) is 54.9 Å². The highest BCUT2D eigenvalue weighted by Gasteiger charge is 2.09. The summed E-state index contributed by atoms with van der Waals surface area (Å²) in [5.74, 6) is 1.62. The molecule has 0 saturated carbocycles. The summed E-state index contributed by atoms with van der Waals surface area (Å²) in [4.78, 5) is 0. The first-order chi connectivity index (χ1) is 11.6. The van der Waals surface area contributed by atoms with Crippen LogP contribution in [-0.2, 0) is 17.8 Å². The van der Waals surface area contributed by atoms with E-state index in [4.69, 9.17) is 26.4 Å². The van der Waals surface area contributed by atoms with Crippen molar-refractivity contribution in [2.45, 2.75) is 26.9 Å². The standard InChI is InChI=1S/C19H23NO3S/c1-5-14-6-9-18(13(2)10-14)23-12-15-7-8-16(21-3)11-17(15)20-19(24)22-4/h6-11H,5,12H2,1-4H3,(H,20,24). The van der Waals surface area contributed by atoms with Gasteiger partial charge < -0.3 is 19.5 Å². The average Bonchev–Trinajstić information content (AvgIpc) is 2.61. The number of hydrogen-bond donors (Lipinski definition) is 1. The van der Waals surface area contributed by atoms with Crippen molar-refractivity contribution in [2.75, 3.05) is 19.5 Å². The molecular formula is C19H23NO3S. The Bertz CT molecular complexity index is 716. The number of anilines is 1. The third-order valence-electron chi connectivity index (χ3n) is 3.77. The third-order valence-corrected chi connectivity index (χ3v) is 4.04. The molecule has 2 aromatic carbocycles. The largest absolute Gasteiger partial charge is 0.497 e. The van der Waals surface area contributed by atoms with E-state index in [0.717, 1.165) is 34.7 Å². The summed E-state index contributed by atoms with van der Waals surface area (Å²) >= 11 is 5.09. The van der Waals surface area contributed by atoms with Gasteiger partial charge in [-0.1, -0.05) is 19.1 Å². The Morgan fingerprint density at radius 2 is 1.92 bits per heavy atom. The SMILES string of the molecule is CCc1ccc(OCc2ccc(OC)cc2NC(=S)OC)c(C)c1. The van der Waals surface area contributed by atoms with E-state index in [-0.39, 0.29) is 0 Å². The molecule has 128 valence electrons. The monoisotopic (exact) mass is 345 g/mol. The number of aryl methyl sites for hydroxylation is 2. The molecule has 0 saturated heterocycles. The maximum atomic E-state index is 5.99. The van der Waals surface area contributed by atoms with E-state index in [1.54, 1.807) is 7.11 Å². The Kier molecular flexibility index (Phi) is 6.44. The van der Waals surface area contributed by atoms with Crippen LogP contribution in [-0.4, -0.2) is 19.4 Å². The van der Waals surface area contributed by atoms with Gasteiger partial charge in [-0.15, -0.1) is 0 Å². The lowest BCUT2D eigenvalue weighted by molar-refractivity contribution is 0.304. The maximum absolute atomic E-state index is 5.99. The minimum atomic E-state index is 0.299. The number of thiocarbonyl (C=S) groups is 1. The fraction of sp³-hybridized carbons (Fsp3) is 0.316. The van der Waals surface area contributed by atoms with Gasteiger partial charge in [0.25, 0.3) is 5.17 Å². The smallest absolute Gasteiger partial charge is 0.260 e. The van der Waals surface area contributed by atoms with Crippen LogP contribution >= 0.6 is 12.2 Å². The van der Waals surface area contributed by atoms with Gasteiger partial charge in [-0.3, -0.25) is 0 Å². The summed E-state index contributed by atoms with van der Waals surface area (Å²) in [6.07, 6.45) is 1.02. The van der Waals surface area contributed by atoms with Crippen LogP contribution in [0.25, 0.3) is 0 Å². The van der Waals surface area contributed by atoms with E-state index in [1.807, 2.05) is 24.3 Å². The molecule has 0 amide bonds. The zero-order chi connectivity index (χ0) is 17.5. The molecule has 0 aromatic heterocycles. The van der Waals surface area contributed by atoms with Crippen molar-refractivity contribution in [3.63, 3.8) is 0 Å². The van der Waals surface area contributed by atoms with E-state index in [9.17, 15) is 0 Å². The topological polar surface area (TPSA) is 39.7 Å². The van der Waals surface area contributed by atoms with Crippen LogP contribution < -0.4 is 14.8 Å². The van der Waals surface area contributed by atoms with Gasteiger partial charge >= 0.3 is 0 Å². The van der Waals surface area contributed by atoms with Crippen molar-refractivity contribution in [2.24, 2.45) is 0 Å². The molecule has 0 heterocycles. The van der Waals surface area contributed by atoms with Crippen molar-refractivity contribution in [1.82, 2.24) is 0 Å². The fourth-order valence-electron chi connectivity index (χ4n) is 2.33. The normalized spacial score (nSPS) is 10.2. The lowest BCUT2D eigenvalue weighted by atomic mass is 10.1. The van der Waals surface area contributed by atoms with Crippen LogP contribution in [0.1, 0.15) is 23.6 Å². The van der Waals surface area contributed by atoms with Crippen molar-refractivity contribution in [3.8, 4) is 11.5 Å². The highest BCUT2D eigenvalue weighted by molar-refractivity contribution is 7.80. The summed E-state index contributed by atoms with van der Waals surface area (Å²) in [7, 11) is 3.16. The summed E-state index contributed by atoms with van der Waals surface area (Å²) in [5.41, 5.74) is 4.21. The molecule has 2 rings (SSSR count). The van der Waals surface area contributed by atoms with Crippen LogP contribution in [0.5, 0.6) is 11.5 Å². The summed E-state index contributed by atoms with van der Waals surface area (Å²) in [5, 5.41) is 3.35. The molecular weight excluding hydrogens is 322 g/mol. The van der Waals surface area contributed by atoms with E-state index in [1.165, 1.54) is 12.7 Å². The van der Waals surface area contributed by atoms with Gasteiger partial charge in [0.2, 0.25) is 0 Å². The van der Waals surface area contributed by atoms with Gasteiger partial charge in [0.05, 0.1) is 19.9 Å². The van der Waals surface area contributed by atoms with Crippen molar-refractivity contribution < 1.29 is 14.2 Å². The van der Waals surface area contributed by atoms with E-state index >= 15 is 0 Å². The summed E-state index contributed by atoms with van der Waals surface area (Å²) in [6.45, 7) is 4.62. The minimum Gasteiger partial charge on any atom is -0.497 e. The number of ether oxygens (including phenoxy) is 3. The molecule has 5 heteroatoms. The van der Waals surface area contributed by atoms with Gasteiger partial charge in [0.1, 0.15) is 18.1 Å². The number of benzene rings is 2. The van der Waals surface area contributed by atoms with E-state index in [2.05, 4.69) is 31.3 Å². The Morgan fingerprint density at radius 3 is 2.54 bits per heavy atom. The van der Waals surface area contributed by atoms with Crippen LogP contribution in [0, 0.1) is 6.92 Å². The second kappa shape index (κ2) is 8.55. The molecule has 0 aliphatic heterocycles. The highest BCUT2D eigenvalue weighted by atomic mass is 32.1. The Morgan fingerprint density at radius 1 is 1.12 bits per heavy atom. The Hall–Kier alpha value is -2.27. The van der Waals surface area contributed by atoms with Gasteiger partial charge in [-0.2, -0.15) is 0 Å². The molecule has 1 N–H and O–H groups in total. The molecule has 0 spiro atoms. The van der Waals surface area contributed by atoms with Crippen molar-refractivity contribution in [3.05, 3.63) is 53.1 Å². The first-order valence-corrected chi connectivity index (χ1v) is 8.22. The molecule has 0 fully saturated rings. The van der Waals surface area contributed by atoms with Crippen LogP contribution in [0.3, 0.4) is 0 Å². The lowest BCUT2D eigenvalue weighted by Crippen LogP contribution is -2.13. The highest BCUT2D eigenvalue weighted by Crippen LogP contribution is 2.26. The molecule has 0 atom stereocenters. The second-order valence-electron chi connectivity index (χ2n) is 5.38. The number of rotatable bonds is 6. The first kappa shape index (κ1) is 18.1. The molecule has 0 radical (unpaired) electrons. The van der Waals surface area contributed by atoms with Gasteiger partial charge in [-0.25, -0.2) is 0 Å². The fourth-order valence-corrected chi connectivity index (χ4v) is 2.44. The van der Waals surface area contributed by atoms with Crippen LogP contribution in [0.4, 0.5) is 5.69 Å². The van der Waals surface area contributed by atoms with Crippen molar-refractivity contribution >= 4 is 23.1 Å². The first-order valence-electron chi connectivity index (χ1n) is 7.81. The quantitative estimate of drug-likeness (QED) is 0.781. The van der Waals surface area contributed by atoms with E-state index < -0.39 is 0 Å². The predicted molar refractivity (Wildman–Crippen MR) is 101 cm³/mol. The molecule has 0 unspecified atom stereocenters. The zero-order valence-electron chi connectivity index (χ0n) is 14.5. The van der Waals surface area contributed by atoms with Crippen LogP contribution in [0.15, 0.2) is 36.4 Å². The maximum Gasteiger partial charge on any atom is 0.260 e. The van der Waals surface area contributed by atoms with Crippen LogP contribution in [0.2, 0.25) is 0 Å². The third kappa shape index (κ3) is 4.61. The van der Waals surface area contributed by atoms with E-state index in [0.29, 0.717) is 11.8 Å². The average molecular weight is 345 g/mol. The summed E-state index contributed by atoms with van der Waals surface area (Å²) < 4.78 is 16.3. The van der Waals surface area contributed by atoms with Crippen molar-refractivity contribution in [1.29, 1.82) is 0 Å². The molecule has 24 heavy (non-hydrogen) atoms. The zero-order valence-corrected chi connectivity index (χ0v) is 15.3.